The van der Waals surface area contributed by atoms with Gasteiger partial charge in [0.15, 0.2) is 0 Å². The van der Waals surface area contributed by atoms with Gasteiger partial charge in [0.1, 0.15) is 6.20 Å². The lowest BCUT2D eigenvalue weighted by Gasteiger charge is -2.23. The molecular formula is C11H16N4O3. The fourth-order valence-corrected chi connectivity index (χ4v) is 2.16. The van der Waals surface area contributed by atoms with Crippen molar-refractivity contribution in [3.05, 3.63) is 33.0 Å². The Morgan fingerprint density at radius 2 is 2.39 bits per heavy atom. The van der Waals surface area contributed by atoms with Crippen LogP contribution in [-0.4, -0.2) is 27.1 Å². The van der Waals surface area contributed by atoms with Gasteiger partial charge in [-0.2, -0.15) is 4.98 Å². The summed E-state index contributed by atoms with van der Waals surface area (Å²) in [6.45, 7) is 1.47. The van der Waals surface area contributed by atoms with Crippen molar-refractivity contribution in [3.8, 4) is 0 Å². The van der Waals surface area contributed by atoms with Gasteiger partial charge in [-0.05, 0) is 25.8 Å². The largest absolute Gasteiger partial charge is 0.347 e. The first kappa shape index (κ1) is 12.7. The minimum absolute atomic E-state index is 0.147. The summed E-state index contributed by atoms with van der Waals surface area (Å²) < 4.78 is 1.31. The maximum Gasteiger partial charge on any atom is 0.347 e. The third-order valence-electron chi connectivity index (χ3n) is 3.18. The molecule has 0 spiro atoms. The molecule has 18 heavy (non-hydrogen) atoms. The third-order valence-corrected chi connectivity index (χ3v) is 3.18. The van der Waals surface area contributed by atoms with Gasteiger partial charge in [-0.25, -0.2) is 4.79 Å². The molecule has 0 aliphatic carbocycles. The minimum Gasteiger partial charge on any atom is -0.314 e. The third kappa shape index (κ3) is 3.13. The summed E-state index contributed by atoms with van der Waals surface area (Å²) in [4.78, 5) is 25.1. The van der Waals surface area contributed by atoms with E-state index in [0.717, 1.165) is 25.6 Å². The molecule has 1 N–H and O–H groups in total. The molecule has 1 aliphatic heterocycles. The normalized spacial score (nSPS) is 19.7. The molecule has 98 valence electrons. The molecule has 0 radical (unpaired) electrons. The second kappa shape index (κ2) is 5.72. The van der Waals surface area contributed by atoms with E-state index in [1.54, 1.807) is 0 Å². The van der Waals surface area contributed by atoms with Crippen LogP contribution in [0.2, 0.25) is 0 Å². The molecule has 1 aromatic heterocycles. The Balaban J connectivity index is 2.01. The molecule has 7 nitrogen and oxygen atoms in total. The number of aryl methyl sites for hydroxylation is 1. The van der Waals surface area contributed by atoms with E-state index in [9.17, 15) is 14.9 Å². The molecule has 1 atom stereocenters. The van der Waals surface area contributed by atoms with Crippen molar-refractivity contribution in [3.63, 3.8) is 0 Å². The van der Waals surface area contributed by atoms with Crippen molar-refractivity contribution in [2.45, 2.75) is 38.3 Å². The molecule has 0 aromatic carbocycles. The van der Waals surface area contributed by atoms with E-state index in [0.29, 0.717) is 12.6 Å². The highest BCUT2D eigenvalue weighted by atomic mass is 16.6. The number of aromatic nitrogens is 2. The van der Waals surface area contributed by atoms with E-state index in [4.69, 9.17) is 0 Å². The Morgan fingerprint density at radius 1 is 1.56 bits per heavy atom. The molecule has 0 bridgehead atoms. The zero-order chi connectivity index (χ0) is 13.0. The van der Waals surface area contributed by atoms with Crippen LogP contribution in [-0.2, 0) is 6.54 Å². The van der Waals surface area contributed by atoms with Crippen LogP contribution in [0.5, 0.6) is 0 Å². The highest BCUT2D eigenvalue weighted by Crippen LogP contribution is 2.11. The first-order valence-corrected chi connectivity index (χ1v) is 6.11. The number of rotatable bonds is 4. The summed E-state index contributed by atoms with van der Waals surface area (Å²) in [5.41, 5.74) is -0.581. The van der Waals surface area contributed by atoms with Gasteiger partial charge in [0.2, 0.25) is 0 Å². The molecule has 7 heteroatoms. The molecule has 2 rings (SSSR count). The van der Waals surface area contributed by atoms with Crippen LogP contribution in [0.25, 0.3) is 0 Å². The van der Waals surface area contributed by atoms with Crippen LogP contribution in [0.15, 0.2) is 17.2 Å². The van der Waals surface area contributed by atoms with Crippen LogP contribution >= 0.6 is 0 Å². The van der Waals surface area contributed by atoms with Crippen molar-refractivity contribution >= 4 is 5.69 Å². The molecule has 1 saturated heterocycles. The predicted octanol–water partition coefficient (Wildman–Crippen LogP) is 0.684. The van der Waals surface area contributed by atoms with E-state index in [1.807, 2.05) is 0 Å². The summed E-state index contributed by atoms with van der Waals surface area (Å²) >= 11 is 0. The van der Waals surface area contributed by atoms with Gasteiger partial charge in [0.05, 0.1) is 11.1 Å². The Kier molecular flexibility index (Phi) is 4.03. The van der Waals surface area contributed by atoms with Crippen molar-refractivity contribution in [2.24, 2.45) is 0 Å². The van der Waals surface area contributed by atoms with E-state index in [2.05, 4.69) is 10.3 Å². The quantitative estimate of drug-likeness (QED) is 0.628. The highest BCUT2D eigenvalue weighted by Gasteiger charge is 2.14. The fourth-order valence-electron chi connectivity index (χ4n) is 2.16. The number of nitrogens with zero attached hydrogens (tertiary/aromatic N) is 3. The summed E-state index contributed by atoms with van der Waals surface area (Å²) in [6, 6.07) is 0.393. The minimum atomic E-state index is -0.540. The predicted molar refractivity (Wildman–Crippen MR) is 65.4 cm³/mol. The SMILES string of the molecule is O=c1ncc([N+](=O)[O-])cn1CCC1CCCCN1. The summed E-state index contributed by atoms with van der Waals surface area (Å²) in [6.07, 6.45) is 6.53. The Hall–Kier alpha value is -1.76. The number of nitro groups is 1. The molecule has 1 aromatic rings. The highest BCUT2D eigenvalue weighted by molar-refractivity contribution is 5.20. The lowest BCUT2D eigenvalue weighted by Crippen LogP contribution is -2.35. The van der Waals surface area contributed by atoms with Gasteiger partial charge in [0.25, 0.3) is 0 Å². The number of hydrogen-bond acceptors (Lipinski definition) is 5. The maximum absolute atomic E-state index is 11.5. The van der Waals surface area contributed by atoms with Gasteiger partial charge in [-0.15, -0.1) is 0 Å². The van der Waals surface area contributed by atoms with E-state index >= 15 is 0 Å². The second-order valence-corrected chi connectivity index (χ2v) is 4.48. The van der Waals surface area contributed by atoms with Gasteiger partial charge >= 0.3 is 11.4 Å². The Bertz CT molecular complexity index is 479. The lowest BCUT2D eigenvalue weighted by atomic mass is 10.0. The molecule has 1 fully saturated rings. The van der Waals surface area contributed by atoms with Crippen molar-refractivity contribution in [1.82, 2.24) is 14.9 Å². The summed E-state index contributed by atoms with van der Waals surface area (Å²) in [5.74, 6) is 0. The topological polar surface area (TPSA) is 90.1 Å². The Labute approximate surface area is 104 Å². The second-order valence-electron chi connectivity index (χ2n) is 4.48. The summed E-state index contributed by atoms with van der Waals surface area (Å²) in [5, 5.41) is 14.0. The number of piperidine rings is 1. The standard InChI is InChI=1S/C11H16N4O3/c16-11-13-7-10(15(17)18)8-14(11)6-4-9-3-1-2-5-12-9/h7-9,12H,1-6H2. The van der Waals surface area contributed by atoms with Gasteiger partial charge in [-0.3, -0.25) is 14.7 Å². The van der Waals surface area contributed by atoms with Crippen LogP contribution in [0, 0.1) is 10.1 Å². The van der Waals surface area contributed by atoms with Gasteiger partial charge in [-0.1, -0.05) is 6.42 Å². The molecule has 2 heterocycles. The van der Waals surface area contributed by atoms with Crippen LogP contribution < -0.4 is 11.0 Å². The van der Waals surface area contributed by atoms with Crippen LogP contribution in [0.1, 0.15) is 25.7 Å². The first-order valence-electron chi connectivity index (χ1n) is 6.11. The number of hydrogen-bond donors (Lipinski definition) is 1. The lowest BCUT2D eigenvalue weighted by molar-refractivity contribution is -0.385. The molecular weight excluding hydrogens is 236 g/mol. The molecule has 0 saturated carbocycles. The molecule has 0 amide bonds. The summed E-state index contributed by atoms with van der Waals surface area (Å²) in [7, 11) is 0. The first-order chi connectivity index (χ1) is 8.66. The van der Waals surface area contributed by atoms with Crippen LogP contribution in [0.4, 0.5) is 5.69 Å². The van der Waals surface area contributed by atoms with E-state index in [-0.39, 0.29) is 5.69 Å². The van der Waals surface area contributed by atoms with Gasteiger partial charge < -0.3 is 5.32 Å². The average molecular weight is 252 g/mol. The van der Waals surface area contributed by atoms with Crippen LogP contribution in [0.3, 0.4) is 0 Å². The van der Waals surface area contributed by atoms with E-state index < -0.39 is 10.6 Å². The monoisotopic (exact) mass is 252 g/mol. The maximum atomic E-state index is 11.5. The van der Waals surface area contributed by atoms with Gasteiger partial charge in [0, 0.05) is 12.6 Å². The molecule has 1 aliphatic rings. The smallest absolute Gasteiger partial charge is 0.314 e. The van der Waals surface area contributed by atoms with E-state index in [1.165, 1.54) is 23.6 Å². The van der Waals surface area contributed by atoms with Crippen molar-refractivity contribution in [2.75, 3.05) is 6.54 Å². The Morgan fingerprint density at radius 3 is 3.06 bits per heavy atom. The van der Waals surface area contributed by atoms with Crippen molar-refractivity contribution in [1.29, 1.82) is 0 Å². The fraction of sp³-hybridized carbons (Fsp3) is 0.636. The zero-order valence-electron chi connectivity index (χ0n) is 10.0. The van der Waals surface area contributed by atoms with Crippen molar-refractivity contribution < 1.29 is 4.92 Å². The zero-order valence-corrected chi connectivity index (χ0v) is 10.0. The average Bonchev–Trinajstić information content (AvgIpc) is 2.38. The number of nitrogens with one attached hydrogen (secondary N) is 1. The molecule has 1 unspecified atom stereocenters.